The largest absolute Gasteiger partial charge is 0.465 e. The molecular weight excluding hydrogens is 316 g/mol. The molecule has 128 valence electrons. The molecule has 0 aliphatic heterocycles. The van der Waals surface area contributed by atoms with Crippen LogP contribution in [0.15, 0.2) is 52.9 Å². The number of methoxy groups -OCH3 is 1. The zero-order valence-electron chi connectivity index (χ0n) is 14.7. The van der Waals surface area contributed by atoms with Gasteiger partial charge in [0.15, 0.2) is 0 Å². The van der Waals surface area contributed by atoms with Crippen LogP contribution in [-0.4, -0.2) is 23.3 Å². The smallest absolute Gasteiger partial charge is 0.337 e. The molecule has 0 aliphatic carbocycles. The number of carbonyl (C=O) groups is 1. The standard InChI is InChI=1S/C20H20N2O3/c1-20(2,3)16-10-8-13(9-11-16)17-21-22-18(25-17)14-6-5-7-15(12-14)19(23)24-4/h5-12H,1-4H3. The molecule has 0 radical (unpaired) electrons. The minimum atomic E-state index is -0.403. The SMILES string of the molecule is COC(=O)c1cccc(-c2nnc(-c3ccc(C(C)(C)C)cc3)o2)c1. The molecule has 0 aliphatic rings. The molecule has 0 unspecified atom stereocenters. The second-order valence-electron chi connectivity index (χ2n) is 6.81. The summed E-state index contributed by atoms with van der Waals surface area (Å²) in [5.41, 5.74) is 3.30. The molecule has 2 aromatic carbocycles. The van der Waals surface area contributed by atoms with E-state index in [1.807, 2.05) is 18.2 Å². The van der Waals surface area contributed by atoms with E-state index in [0.29, 0.717) is 22.9 Å². The number of esters is 1. The Kier molecular flexibility index (Phi) is 4.40. The molecule has 1 heterocycles. The van der Waals surface area contributed by atoms with Crippen LogP contribution in [0.4, 0.5) is 0 Å². The number of rotatable bonds is 3. The Bertz CT molecular complexity index is 890. The number of carbonyl (C=O) groups excluding carboxylic acids is 1. The van der Waals surface area contributed by atoms with E-state index in [1.54, 1.807) is 18.2 Å². The first kappa shape index (κ1) is 16.9. The van der Waals surface area contributed by atoms with Gasteiger partial charge in [0, 0.05) is 11.1 Å². The molecule has 3 aromatic rings. The van der Waals surface area contributed by atoms with E-state index in [0.717, 1.165) is 5.56 Å². The highest BCUT2D eigenvalue weighted by Crippen LogP contribution is 2.27. The Morgan fingerprint density at radius 1 is 0.960 bits per heavy atom. The lowest BCUT2D eigenvalue weighted by molar-refractivity contribution is 0.0601. The number of aromatic nitrogens is 2. The van der Waals surface area contributed by atoms with Crippen molar-refractivity contribution < 1.29 is 13.9 Å². The first-order chi connectivity index (χ1) is 11.9. The number of hydrogen-bond donors (Lipinski definition) is 0. The molecule has 0 saturated heterocycles. The minimum absolute atomic E-state index is 0.0901. The van der Waals surface area contributed by atoms with E-state index in [1.165, 1.54) is 12.7 Å². The predicted octanol–water partition coefficient (Wildman–Crippen LogP) is 4.49. The summed E-state index contributed by atoms with van der Waals surface area (Å²) in [6.07, 6.45) is 0. The number of ether oxygens (including phenoxy) is 1. The number of nitrogens with zero attached hydrogens (tertiary/aromatic N) is 2. The third kappa shape index (κ3) is 3.60. The van der Waals surface area contributed by atoms with Gasteiger partial charge in [-0.05, 0) is 41.3 Å². The molecule has 0 atom stereocenters. The molecule has 5 nitrogen and oxygen atoms in total. The summed E-state index contributed by atoms with van der Waals surface area (Å²) in [5.74, 6) is 0.402. The third-order valence-corrected chi connectivity index (χ3v) is 3.95. The molecule has 0 saturated carbocycles. The normalized spacial score (nSPS) is 11.4. The number of benzene rings is 2. The summed E-state index contributed by atoms with van der Waals surface area (Å²) in [4.78, 5) is 11.6. The van der Waals surface area contributed by atoms with Crippen molar-refractivity contribution in [2.75, 3.05) is 7.11 Å². The Morgan fingerprint density at radius 3 is 2.20 bits per heavy atom. The zero-order valence-corrected chi connectivity index (χ0v) is 14.7. The second kappa shape index (κ2) is 6.51. The van der Waals surface area contributed by atoms with Crippen LogP contribution >= 0.6 is 0 Å². The molecule has 25 heavy (non-hydrogen) atoms. The highest BCUT2D eigenvalue weighted by molar-refractivity contribution is 5.90. The molecule has 3 rings (SSSR count). The van der Waals surface area contributed by atoms with Gasteiger partial charge in [-0.25, -0.2) is 4.79 Å². The van der Waals surface area contributed by atoms with Crippen molar-refractivity contribution >= 4 is 5.97 Å². The molecule has 0 spiro atoms. The first-order valence-electron chi connectivity index (χ1n) is 8.01. The maximum absolute atomic E-state index is 11.6. The van der Waals surface area contributed by atoms with Crippen molar-refractivity contribution in [1.29, 1.82) is 0 Å². The molecule has 0 bridgehead atoms. The lowest BCUT2D eigenvalue weighted by Gasteiger charge is -2.18. The van der Waals surface area contributed by atoms with Gasteiger partial charge in [-0.15, -0.1) is 10.2 Å². The highest BCUT2D eigenvalue weighted by atomic mass is 16.5. The van der Waals surface area contributed by atoms with Gasteiger partial charge in [0.1, 0.15) is 0 Å². The highest BCUT2D eigenvalue weighted by Gasteiger charge is 2.16. The molecule has 0 fully saturated rings. The Labute approximate surface area is 146 Å². The van der Waals surface area contributed by atoms with Crippen molar-refractivity contribution in [2.24, 2.45) is 0 Å². The third-order valence-electron chi connectivity index (χ3n) is 3.95. The zero-order chi connectivity index (χ0) is 18.0. The van der Waals surface area contributed by atoms with Crippen molar-refractivity contribution in [3.63, 3.8) is 0 Å². The first-order valence-corrected chi connectivity index (χ1v) is 8.01. The summed E-state index contributed by atoms with van der Waals surface area (Å²) in [7, 11) is 1.35. The van der Waals surface area contributed by atoms with Crippen molar-refractivity contribution in [1.82, 2.24) is 10.2 Å². The van der Waals surface area contributed by atoms with Crippen LogP contribution in [0.25, 0.3) is 22.9 Å². The molecule has 5 heteroatoms. The Balaban J connectivity index is 1.89. The molecule has 0 amide bonds. The van der Waals surface area contributed by atoms with Crippen molar-refractivity contribution in [3.8, 4) is 22.9 Å². The second-order valence-corrected chi connectivity index (χ2v) is 6.81. The van der Waals surface area contributed by atoms with E-state index < -0.39 is 5.97 Å². The van der Waals surface area contributed by atoms with E-state index >= 15 is 0 Å². The van der Waals surface area contributed by atoms with E-state index in [9.17, 15) is 4.79 Å². The summed E-state index contributed by atoms with van der Waals surface area (Å²) >= 11 is 0. The molecule has 0 N–H and O–H groups in total. The quantitative estimate of drug-likeness (QED) is 0.659. The van der Waals surface area contributed by atoms with E-state index in [4.69, 9.17) is 9.15 Å². The molecular formula is C20H20N2O3. The lowest BCUT2D eigenvalue weighted by Crippen LogP contribution is -2.10. The van der Waals surface area contributed by atoms with Crippen LogP contribution in [0.5, 0.6) is 0 Å². The van der Waals surface area contributed by atoms with Crippen LogP contribution in [0, 0.1) is 0 Å². The van der Waals surface area contributed by atoms with Gasteiger partial charge in [0.25, 0.3) is 0 Å². The lowest BCUT2D eigenvalue weighted by atomic mass is 9.87. The maximum atomic E-state index is 11.6. The van der Waals surface area contributed by atoms with Crippen molar-refractivity contribution in [3.05, 3.63) is 59.7 Å². The summed E-state index contributed by atoms with van der Waals surface area (Å²) in [6, 6.07) is 15.0. The topological polar surface area (TPSA) is 65.2 Å². The number of hydrogen-bond acceptors (Lipinski definition) is 5. The van der Waals surface area contributed by atoms with Crippen LogP contribution in [-0.2, 0) is 10.2 Å². The van der Waals surface area contributed by atoms with Crippen LogP contribution in [0.2, 0.25) is 0 Å². The van der Waals surface area contributed by atoms with E-state index in [-0.39, 0.29) is 5.41 Å². The molecule has 1 aromatic heterocycles. The van der Waals surface area contributed by atoms with Gasteiger partial charge in [-0.3, -0.25) is 0 Å². The van der Waals surface area contributed by atoms with Gasteiger partial charge in [-0.1, -0.05) is 39.0 Å². The Morgan fingerprint density at radius 2 is 1.60 bits per heavy atom. The van der Waals surface area contributed by atoms with Crippen LogP contribution in [0.3, 0.4) is 0 Å². The van der Waals surface area contributed by atoms with Crippen LogP contribution < -0.4 is 0 Å². The fraction of sp³-hybridized carbons (Fsp3) is 0.250. The van der Waals surface area contributed by atoms with Crippen LogP contribution in [0.1, 0.15) is 36.7 Å². The predicted molar refractivity (Wildman–Crippen MR) is 95.2 cm³/mol. The van der Waals surface area contributed by atoms with Crippen molar-refractivity contribution in [2.45, 2.75) is 26.2 Å². The van der Waals surface area contributed by atoms with Gasteiger partial charge < -0.3 is 9.15 Å². The average molecular weight is 336 g/mol. The minimum Gasteiger partial charge on any atom is -0.465 e. The van der Waals surface area contributed by atoms with Gasteiger partial charge >= 0.3 is 5.97 Å². The maximum Gasteiger partial charge on any atom is 0.337 e. The fourth-order valence-electron chi connectivity index (χ4n) is 2.47. The fourth-order valence-corrected chi connectivity index (χ4v) is 2.47. The average Bonchev–Trinajstić information content (AvgIpc) is 3.10. The van der Waals surface area contributed by atoms with Gasteiger partial charge in [0.2, 0.25) is 11.8 Å². The van der Waals surface area contributed by atoms with E-state index in [2.05, 4.69) is 43.1 Å². The van der Waals surface area contributed by atoms with Gasteiger partial charge in [0.05, 0.1) is 12.7 Å². The Hall–Kier alpha value is -2.95. The summed E-state index contributed by atoms with van der Waals surface area (Å²) < 4.78 is 10.5. The van der Waals surface area contributed by atoms with Gasteiger partial charge in [-0.2, -0.15) is 0 Å². The monoisotopic (exact) mass is 336 g/mol. The summed E-state index contributed by atoms with van der Waals surface area (Å²) in [6.45, 7) is 6.50. The summed E-state index contributed by atoms with van der Waals surface area (Å²) in [5, 5.41) is 8.21.